The summed E-state index contributed by atoms with van der Waals surface area (Å²) in [6.07, 6.45) is 0.347. The molecule has 2 aromatic carbocycles. The van der Waals surface area contributed by atoms with E-state index in [9.17, 15) is 19.5 Å². The van der Waals surface area contributed by atoms with Gasteiger partial charge < -0.3 is 15.3 Å². The number of carboxylic acids is 1. The van der Waals surface area contributed by atoms with E-state index in [2.05, 4.69) is 5.32 Å². The number of nitrogens with zero attached hydrogens (tertiary/aromatic N) is 1. The molecule has 0 bridgehead atoms. The predicted octanol–water partition coefficient (Wildman–Crippen LogP) is 2.01. The average Bonchev–Trinajstić information content (AvgIpc) is 2.83. The predicted molar refractivity (Wildman–Crippen MR) is 100 cm³/mol. The van der Waals surface area contributed by atoms with Gasteiger partial charge in [-0.05, 0) is 17.5 Å². The van der Waals surface area contributed by atoms with Crippen molar-refractivity contribution >= 4 is 17.8 Å². The monoisotopic (exact) mass is 366 g/mol. The van der Waals surface area contributed by atoms with Crippen LogP contribution in [0.25, 0.3) is 0 Å². The molecule has 0 aromatic heterocycles. The van der Waals surface area contributed by atoms with Gasteiger partial charge in [-0.25, -0.2) is 4.79 Å². The normalized spacial score (nSPS) is 17.5. The van der Waals surface area contributed by atoms with Gasteiger partial charge in [0, 0.05) is 12.5 Å². The first-order valence-electron chi connectivity index (χ1n) is 8.95. The molecule has 140 valence electrons. The van der Waals surface area contributed by atoms with Crippen LogP contribution in [0, 0.1) is 0 Å². The Morgan fingerprint density at radius 2 is 1.59 bits per heavy atom. The Morgan fingerprint density at radius 1 is 1.04 bits per heavy atom. The lowest BCUT2D eigenvalue weighted by Crippen LogP contribution is -2.46. The topological polar surface area (TPSA) is 86.7 Å². The number of hydrogen-bond acceptors (Lipinski definition) is 3. The molecule has 3 rings (SSSR count). The fraction of sp³-hybridized carbons (Fsp3) is 0.286. The van der Waals surface area contributed by atoms with Gasteiger partial charge in [0.15, 0.2) is 0 Å². The standard InChI is InChI=1S/C21H22N2O4/c24-19-13-18(21(26)27)23(20(25)14-22-19)12-11-17(15-7-3-1-4-8-15)16-9-5-2-6-10-16/h1-10,17-18H,11-14H2,(H,22,24)(H,26,27). The van der Waals surface area contributed by atoms with Crippen LogP contribution in [0.1, 0.15) is 29.9 Å². The largest absolute Gasteiger partial charge is 0.480 e. The number of carboxylic acid groups (broad SMARTS) is 1. The first-order valence-corrected chi connectivity index (χ1v) is 8.95. The highest BCUT2D eigenvalue weighted by Gasteiger charge is 2.34. The molecule has 1 heterocycles. The summed E-state index contributed by atoms with van der Waals surface area (Å²) < 4.78 is 0. The number of amides is 2. The van der Waals surface area contributed by atoms with Gasteiger partial charge in [-0.3, -0.25) is 9.59 Å². The number of hydrogen-bond donors (Lipinski definition) is 2. The zero-order chi connectivity index (χ0) is 19.2. The second kappa shape index (κ2) is 8.49. The molecule has 6 nitrogen and oxygen atoms in total. The Balaban J connectivity index is 1.84. The first-order chi connectivity index (χ1) is 13.1. The number of carbonyl (C=O) groups is 3. The molecule has 1 aliphatic heterocycles. The Hall–Kier alpha value is -3.15. The van der Waals surface area contributed by atoms with Crippen LogP contribution in [0.5, 0.6) is 0 Å². The van der Waals surface area contributed by atoms with Crippen molar-refractivity contribution in [2.45, 2.75) is 24.8 Å². The third-order valence-electron chi connectivity index (χ3n) is 4.86. The van der Waals surface area contributed by atoms with Gasteiger partial charge >= 0.3 is 5.97 Å². The smallest absolute Gasteiger partial charge is 0.326 e. The van der Waals surface area contributed by atoms with Gasteiger partial charge in [-0.2, -0.15) is 0 Å². The first kappa shape index (κ1) is 18.6. The van der Waals surface area contributed by atoms with Gasteiger partial charge in [0.1, 0.15) is 6.04 Å². The quantitative estimate of drug-likeness (QED) is 0.819. The summed E-state index contributed by atoms with van der Waals surface area (Å²) in [6.45, 7) is 0.100. The SMILES string of the molecule is O=C1CC(C(=O)O)N(CCC(c2ccccc2)c2ccccc2)C(=O)CN1. The van der Waals surface area contributed by atoms with Crippen LogP contribution in [0.4, 0.5) is 0 Å². The van der Waals surface area contributed by atoms with E-state index < -0.39 is 17.9 Å². The number of rotatable bonds is 6. The minimum Gasteiger partial charge on any atom is -0.480 e. The van der Waals surface area contributed by atoms with Gasteiger partial charge in [-0.1, -0.05) is 60.7 Å². The zero-order valence-electron chi connectivity index (χ0n) is 14.9. The van der Waals surface area contributed by atoms with Crippen LogP contribution in [0.3, 0.4) is 0 Å². The van der Waals surface area contributed by atoms with E-state index in [1.165, 1.54) is 4.90 Å². The lowest BCUT2D eigenvalue weighted by molar-refractivity contribution is -0.150. The van der Waals surface area contributed by atoms with Crippen LogP contribution in [0.2, 0.25) is 0 Å². The lowest BCUT2D eigenvalue weighted by atomic mass is 9.88. The molecular formula is C21H22N2O4. The van der Waals surface area contributed by atoms with Crippen molar-refractivity contribution in [2.75, 3.05) is 13.1 Å². The van der Waals surface area contributed by atoms with E-state index in [-0.39, 0.29) is 31.3 Å². The molecule has 1 atom stereocenters. The summed E-state index contributed by atoms with van der Waals surface area (Å²) in [7, 11) is 0. The minimum atomic E-state index is -1.16. The van der Waals surface area contributed by atoms with Crippen LogP contribution in [-0.4, -0.2) is 46.9 Å². The number of benzene rings is 2. The number of carbonyl (C=O) groups excluding carboxylic acids is 2. The van der Waals surface area contributed by atoms with Crippen molar-refractivity contribution in [1.29, 1.82) is 0 Å². The second-order valence-electron chi connectivity index (χ2n) is 6.58. The van der Waals surface area contributed by atoms with Crippen LogP contribution in [-0.2, 0) is 14.4 Å². The minimum absolute atomic E-state index is 0.0292. The van der Waals surface area contributed by atoms with E-state index >= 15 is 0 Å². The molecule has 1 saturated heterocycles. The third-order valence-corrected chi connectivity index (χ3v) is 4.86. The van der Waals surface area contributed by atoms with Gasteiger partial charge in [-0.15, -0.1) is 0 Å². The van der Waals surface area contributed by atoms with Gasteiger partial charge in [0.25, 0.3) is 0 Å². The van der Waals surface area contributed by atoms with Crippen molar-refractivity contribution < 1.29 is 19.5 Å². The number of aliphatic carboxylic acids is 1. The lowest BCUT2D eigenvalue weighted by Gasteiger charge is -2.28. The summed E-state index contributed by atoms with van der Waals surface area (Å²) >= 11 is 0. The van der Waals surface area contributed by atoms with E-state index in [4.69, 9.17) is 0 Å². The van der Waals surface area contributed by atoms with Crippen molar-refractivity contribution in [3.8, 4) is 0 Å². The van der Waals surface area contributed by atoms with Crippen molar-refractivity contribution in [3.63, 3.8) is 0 Å². The maximum atomic E-state index is 12.4. The molecule has 27 heavy (non-hydrogen) atoms. The summed E-state index contributed by atoms with van der Waals surface area (Å²) in [5.41, 5.74) is 2.21. The second-order valence-corrected chi connectivity index (χ2v) is 6.58. The molecular weight excluding hydrogens is 344 g/mol. The fourth-order valence-electron chi connectivity index (χ4n) is 3.47. The zero-order valence-corrected chi connectivity index (χ0v) is 14.9. The van der Waals surface area contributed by atoms with E-state index in [0.717, 1.165) is 11.1 Å². The molecule has 0 spiro atoms. The maximum absolute atomic E-state index is 12.4. The molecule has 0 saturated carbocycles. The maximum Gasteiger partial charge on any atom is 0.326 e. The van der Waals surface area contributed by atoms with Gasteiger partial charge in [0.05, 0.1) is 13.0 Å². The highest BCUT2D eigenvalue weighted by Crippen LogP contribution is 2.28. The molecule has 2 aromatic rings. The molecule has 2 N–H and O–H groups in total. The van der Waals surface area contributed by atoms with Crippen LogP contribution >= 0.6 is 0 Å². The van der Waals surface area contributed by atoms with E-state index in [1.807, 2.05) is 60.7 Å². The molecule has 1 fully saturated rings. The molecule has 0 radical (unpaired) electrons. The van der Waals surface area contributed by atoms with Gasteiger partial charge in [0.2, 0.25) is 11.8 Å². The highest BCUT2D eigenvalue weighted by molar-refractivity contribution is 5.93. The highest BCUT2D eigenvalue weighted by atomic mass is 16.4. The molecule has 1 aliphatic rings. The molecule has 2 amide bonds. The van der Waals surface area contributed by atoms with E-state index in [1.54, 1.807) is 0 Å². The van der Waals surface area contributed by atoms with Crippen molar-refractivity contribution in [3.05, 3.63) is 71.8 Å². The van der Waals surface area contributed by atoms with Crippen LogP contribution in [0.15, 0.2) is 60.7 Å². The molecule has 0 aliphatic carbocycles. The molecule has 1 unspecified atom stereocenters. The van der Waals surface area contributed by atoms with E-state index in [0.29, 0.717) is 6.42 Å². The Kier molecular flexibility index (Phi) is 5.86. The summed E-state index contributed by atoms with van der Waals surface area (Å²) in [5, 5.41) is 12.0. The Bertz CT molecular complexity index is 768. The van der Waals surface area contributed by atoms with Crippen molar-refractivity contribution in [1.82, 2.24) is 10.2 Å². The Labute approximate surface area is 157 Å². The molecule has 6 heteroatoms. The van der Waals surface area contributed by atoms with Crippen molar-refractivity contribution in [2.24, 2.45) is 0 Å². The third kappa shape index (κ3) is 4.53. The van der Waals surface area contributed by atoms with Crippen LogP contribution < -0.4 is 5.32 Å². The number of nitrogens with one attached hydrogen (secondary N) is 1. The summed E-state index contributed by atoms with van der Waals surface area (Å²) in [5.74, 6) is -1.91. The Morgan fingerprint density at radius 3 is 2.11 bits per heavy atom. The summed E-state index contributed by atoms with van der Waals surface area (Å²) in [4.78, 5) is 37.1. The fourth-order valence-corrected chi connectivity index (χ4v) is 3.47. The average molecular weight is 366 g/mol. The summed E-state index contributed by atoms with van der Waals surface area (Å²) in [6, 6.07) is 18.7.